The third-order valence-electron chi connectivity index (χ3n) is 7.14. The number of nitrogens with one attached hydrogen (secondary N) is 1. The van der Waals surface area contributed by atoms with Crippen LogP contribution in [0.15, 0.2) is 72.8 Å². The summed E-state index contributed by atoms with van der Waals surface area (Å²) in [5.74, 6) is 2.06. The molecule has 7 nitrogen and oxygen atoms in total. The van der Waals surface area contributed by atoms with Gasteiger partial charge < -0.3 is 29.5 Å². The van der Waals surface area contributed by atoms with Crippen molar-refractivity contribution in [2.45, 2.75) is 31.4 Å². The number of aromatic nitrogens is 1. The van der Waals surface area contributed by atoms with Crippen molar-refractivity contribution in [1.82, 2.24) is 15.2 Å². The Morgan fingerprint density at radius 1 is 1.19 bits per heavy atom. The maximum absolute atomic E-state index is 11.2. The quantitative estimate of drug-likeness (QED) is 0.445. The first-order valence-electron chi connectivity index (χ1n) is 12.7. The van der Waals surface area contributed by atoms with Crippen LogP contribution in [-0.4, -0.2) is 61.1 Å². The maximum Gasteiger partial charge on any atom is 0.229 e. The first-order chi connectivity index (χ1) is 17.7. The molecule has 0 saturated carbocycles. The predicted molar refractivity (Wildman–Crippen MR) is 139 cm³/mol. The maximum atomic E-state index is 11.2. The Morgan fingerprint density at radius 2 is 2.08 bits per heavy atom. The van der Waals surface area contributed by atoms with Crippen LogP contribution < -0.4 is 10.1 Å². The molecule has 3 heterocycles. The van der Waals surface area contributed by atoms with E-state index in [2.05, 4.69) is 39.5 Å². The van der Waals surface area contributed by atoms with E-state index in [0.717, 1.165) is 54.7 Å². The molecule has 2 aliphatic heterocycles. The Morgan fingerprint density at radius 3 is 2.89 bits per heavy atom. The van der Waals surface area contributed by atoms with Crippen molar-refractivity contribution in [1.29, 1.82) is 0 Å². The van der Waals surface area contributed by atoms with Crippen molar-refractivity contribution in [2.75, 3.05) is 40.1 Å². The number of rotatable bonds is 10. The lowest BCUT2D eigenvalue weighted by Crippen LogP contribution is -2.44. The SMILES string of the molecule is COc1cnc2cccc(C(O)CN3CCCC(CNC(Cc4ccccc4)C4=COCO4)C3)c2c1. The minimum Gasteiger partial charge on any atom is -0.495 e. The average Bonchev–Trinajstić information content (AvgIpc) is 3.46. The summed E-state index contributed by atoms with van der Waals surface area (Å²) >= 11 is 0. The Labute approximate surface area is 212 Å². The van der Waals surface area contributed by atoms with Crippen molar-refractivity contribution in [3.8, 4) is 5.75 Å². The molecule has 0 radical (unpaired) electrons. The van der Waals surface area contributed by atoms with Crippen molar-refractivity contribution in [3.05, 3.63) is 83.9 Å². The van der Waals surface area contributed by atoms with Gasteiger partial charge in [0.05, 0.1) is 31.0 Å². The van der Waals surface area contributed by atoms with Crippen LogP contribution >= 0.6 is 0 Å². The Bertz CT molecular complexity index is 1170. The number of fused-ring (bicyclic) bond motifs is 1. The highest BCUT2D eigenvalue weighted by Gasteiger charge is 2.26. The van der Waals surface area contributed by atoms with Crippen LogP contribution in [0.25, 0.3) is 10.9 Å². The van der Waals surface area contributed by atoms with Gasteiger partial charge in [-0.3, -0.25) is 4.98 Å². The number of benzene rings is 2. The summed E-state index contributed by atoms with van der Waals surface area (Å²) in [6.07, 6.45) is 6.00. The smallest absolute Gasteiger partial charge is 0.229 e. The molecule has 2 aliphatic rings. The van der Waals surface area contributed by atoms with Crippen LogP contribution in [-0.2, 0) is 15.9 Å². The van der Waals surface area contributed by atoms with Gasteiger partial charge in [0, 0.05) is 18.5 Å². The zero-order valence-electron chi connectivity index (χ0n) is 20.8. The normalized spacial score (nSPS) is 19.8. The third-order valence-corrected chi connectivity index (χ3v) is 7.14. The van der Waals surface area contributed by atoms with E-state index < -0.39 is 6.10 Å². The van der Waals surface area contributed by atoms with Crippen LogP contribution in [0.5, 0.6) is 5.75 Å². The van der Waals surface area contributed by atoms with Crippen molar-refractivity contribution in [3.63, 3.8) is 0 Å². The molecule has 0 aliphatic carbocycles. The molecule has 1 aromatic heterocycles. The standard InChI is InChI=1S/C29H35N3O4/c1-34-23-14-25-24(10-5-11-26(25)31-16-23)28(33)18-32-12-6-9-22(17-32)15-30-27(29-19-35-20-36-29)13-21-7-3-2-4-8-21/h2-5,7-8,10-11,14,16,19,22,27-28,30,33H,6,9,12-13,15,17-18,20H2,1H3. The van der Waals surface area contributed by atoms with Gasteiger partial charge in [0.25, 0.3) is 0 Å². The summed E-state index contributed by atoms with van der Waals surface area (Å²) in [4.78, 5) is 6.86. The Hall–Kier alpha value is -3.13. The number of methoxy groups -OCH3 is 1. The second-order valence-corrected chi connectivity index (χ2v) is 9.67. The van der Waals surface area contributed by atoms with Crippen LogP contribution in [0, 0.1) is 5.92 Å². The fourth-order valence-electron chi connectivity index (χ4n) is 5.25. The van der Waals surface area contributed by atoms with Crippen molar-refractivity contribution < 1.29 is 19.3 Å². The second kappa shape index (κ2) is 11.7. The van der Waals surface area contributed by atoms with E-state index >= 15 is 0 Å². The molecule has 2 aromatic carbocycles. The molecule has 0 bridgehead atoms. The van der Waals surface area contributed by atoms with E-state index in [9.17, 15) is 5.11 Å². The zero-order chi connectivity index (χ0) is 24.7. The van der Waals surface area contributed by atoms with Gasteiger partial charge in [-0.05, 0) is 61.5 Å². The van der Waals surface area contributed by atoms with Crippen LogP contribution in [0.3, 0.4) is 0 Å². The molecular weight excluding hydrogens is 454 g/mol. The lowest BCUT2D eigenvalue weighted by molar-refractivity contribution is 0.0708. The second-order valence-electron chi connectivity index (χ2n) is 9.67. The molecule has 0 spiro atoms. The predicted octanol–water partition coefficient (Wildman–Crippen LogP) is 4.04. The number of hydrogen-bond donors (Lipinski definition) is 2. The van der Waals surface area contributed by atoms with E-state index in [1.807, 2.05) is 30.3 Å². The molecule has 1 fully saturated rings. The molecule has 5 rings (SSSR count). The first-order valence-corrected chi connectivity index (χ1v) is 12.7. The molecular formula is C29H35N3O4. The lowest BCUT2D eigenvalue weighted by Gasteiger charge is -2.35. The van der Waals surface area contributed by atoms with E-state index in [4.69, 9.17) is 14.2 Å². The van der Waals surface area contributed by atoms with E-state index in [1.165, 1.54) is 12.0 Å². The number of aliphatic hydroxyl groups excluding tert-OH is 1. The highest BCUT2D eigenvalue weighted by atomic mass is 16.7. The molecule has 190 valence electrons. The van der Waals surface area contributed by atoms with Crippen LogP contribution in [0.2, 0.25) is 0 Å². The largest absolute Gasteiger partial charge is 0.495 e. The van der Waals surface area contributed by atoms with Crippen LogP contribution in [0.4, 0.5) is 0 Å². The molecule has 7 heteroatoms. The number of aliphatic hydroxyl groups is 1. The fourth-order valence-corrected chi connectivity index (χ4v) is 5.25. The minimum atomic E-state index is -0.589. The highest BCUT2D eigenvalue weighted by Crippen LogP contribution is 2.28. The topological polar surface area (TPSA) is 76.1 Å². The van der Waals surface area contributed by atoms with Gasteiger partial charge in [-0.2, -0.15) is 0 Å². The summed E-state index contributed by atoms with van der Waals surface area (Å²) in [5.41, 5.74) is 3.03. The molecule has 36 heavy (non-hydrogen) atoms. The summed E-state index contributed by atoms with van der Waals surface area (Å²) in [6, 6.07) is 18.4. The third kappa shape index (κ3) is 5.98. The fraction of sp³-hybridized carbons (Fsp3) is 0.414. The number of pyridine rings is 1. The number of piperidine rings is 1. The number of likely N-dealkylation sites (tertiary alicyclic amines) is 1. The monoisotopic (exact) mass is 489 g/mol. The molecule has 0 amide bonds. The zero-order valence-corrected chi connectivity index (χ0v) is 20.8. The van der Waals surface area contributed by atoms with E-state index in [-0.39, 0.29) is 12.8 Å². The minimum absolute atomic E-state index is 0.0778. The number of hydrogen-bond acceptors (Lipinski definition) is 7. The average molecular weight is 490 g/mol. The first kappa shape index (κ1) is 24.6. The van der Waals surface area contributed by atoms with Gasteiger partial charge in [-0.15, -0.1) is 0 Å². The van der Waals surface area contributed by atoms with Crippen LogP contribution in [0.1, 0.15) is 30.1 Å². The van der Waals surface area contributed by atoms with Crippen molar-refractivity contribution >= 4 is 10.9 Å². The molecule has 3 unspecified atom stereocenters. The van der Waals surface area contributed by atoms with E-state index in [0.29, 0.717) is 18.2 Å². The number of ether oxygens (including phenoxy) is 3. The van der Waals surface area contributed by atoms with Gasteiger partial charge in [0.2, 0.25) is 6.79 Å². The van der Waals surface area contributed by atoms with Gasteiger partial charge in [-0.25, -0.2) is 0 Å². The van der Waals surface area contributed by atoms with Gasteiger partial charge >= 0.3 is 0 Å². The van der Waals surface area contributed by atoms with Gasteiger partial charge in [-0.1, -0.05) is 42.5 Å². The van der Waals surface area contributed by atoms with Gasteiger partial charge in [0.1, 0.15) is 12.0 Å². The summed E-state index contributed by atoms with van der Waals surface area (Å²) in [5, 5.41) is 15.9. The summed E-state index contributed by atoms with van der Waals surface area (Å²) < 4.78 is 16.4. The Kier molecular flexibility index (Phi) is 8.01. The summed E-state index contributed by atoms with van der Waals surface area (Å²) in [7, 11) is 1.64. The summed E-state index contributed by atoms with van der Waals surface area (Å²) in [6.45, 7) is 3.72. The number of β-amino-alcohol motifs (C(OH)–C–C–N with tert-alkyl or cyclic N) is 1. The highest BCUT2D eigenvalue weighted by molar-refractivity contribution is 5.83. The molecule has 1 saturated heterocycles. The van der Waals surface area contributed by atoms with Crippen molar-refractivity contribution in [2.24, 2.45) is 5.92 Å². The van der Waals surface area contributed by atoms with Gasteiger partial charge in [0.15, 0.2) is 5.76 Å². The lowest BCUT2D eigenvalue weighted by atomic mass is 9.95. The molecule has 2 N–H and O–H groups in total. The van der Waals surface area contributed by atoms with E-state index in [1.54, 1.807) is 19.6 Å². The number of nitrogens with zero attached hydrogens (tertiary/aromatic N) is 2. The molecule has 3 atom stereocenters. The molecule has 3 aromatic rings. The Balaban J connectivity index is 1.20.